The van der Waals surface area contributed by atoms with Crippen LogP contribution in [0.15, 0.2) is 48.5 Å². The number of aromatic nitrogens is 1. The number of carbonyl (C=O) groups is 1. The minimum absolute atomic E-state index is 0.295. The fourth-order valence-electron chi connectivity index (χ4n) is 2.12. The van der Waals surface area contributed by atoms with Gasteiger partial charge in [0.2, 0.25) is 0 Å². The van der Waals surface area contributed by atoms with Gasteiger partial charge in [0.05, 0.1) is 22.4 Å². The van der Waals surface area contributed by atoms with Gasteiger partial charge in [-0.2, -0.15) is 0 Å². The molecule has 22 heavy (non-hydrogen) atoms. The van der Waals surface area contributed by atoms with E-state index >= 15 is 0 Å². The topological polar surface area (TPSA) is 51.2 Å². The van der Waals surface area contributed by atoms with Crippen molar-refractivity contribution in [1.82, 2.24) is 4.98 Å². The molecule has 0 amide bonds. The van der Waals surface area contributed by atoms with Crippen molar-refractivity contribution in [1.29, 1.82) is 0 Å². The first-order chi connectivity index (χ1) is 10.8. The van der Waals surface area contributed by atoms with Gasteiger partial charge in [0.25, 0.3) is 0 Å². The van der Waals surface area contributed by atoms with Gasteiger partial charge in [0.15, 0.2) is 5.13 Å². The lowest BCUT2D eigenvalue weighted by Crippen LogP contribution is -2.03. The Hall–Kier alpha value is -2.40. The van der Waals surface area contributed by atoms with Gasteiger partial charge in [-0.25, -0.2) is 9.78 Å². The van der Waals surface area contributed by atoms with Crippen molar-refractivity contribution in [2.75, 3.05) is 11.9 Å². The summed E-state index contributed by atoms with van der Waals surface area (Å²) < 4.78 is 5.99. The molecule has 1 heterocycles. The van der Waals surface area contributed by atoms with Gasteiger partial charge in [-0.05, 0) is 30.7 Å². The molecule has 3 rings (SSSR count). The van der Waals surface area contributed by atoms with Gasteiger partial charge >= 0.3 is 5.97 Å². The first-order valence-corrected chi connectivity index (χ1v) is 7.93. The van der Waals surface area contributed by atoms with Gasteiger partial charge in [0.1, 0.15) is 0 Å². The van der Waals surface area contributed by atoms with E-state index in [0.29, 0.717) is 12.2 Å². The Morgan fingerprint density at radius 2 is 2.05 bits per heavy atom. The Balaban J connectivity index is 1.76. The largest absolute Gasteiger partial charge is 0.462 e. The van der Waals surface area contributed by atoms with E-state index in [1.807, 2.05) is 30.3 Å². The maximum Gasteiger partial charge on any atom is 0.338 e. The predicted molar refractivity (Wildman–Crippen MR) is 89.3 cm³/mol. The molecule has 0 unspecified atom stereocenters. The number of anilines is 1. The Labute approximate surface area is 132 Å². The smallest absolute Gasteiger partial charge is 0.338 e. The van der Waals surface area contributed by atoms with E-state index in [4.69, 9.17) is 4.74 Å². The summed E-state index contributed by atoms with van der Waals surface area (Å²) in [6.45, 7) is 2.91. The van der Waals surface area contributed by atoms with Gasteiger partial charge in [-0.15, -0.1) is 0 Å². The van der Waals surface area contributed by atoms with Crippen LogP contribution in [0.5, 0.6) is 0 Å². The van der Waals surface area contributed by atoms with E-state index in [-0.39, 0.29) is 5.97 Å². The highest BCUT2D eigenvalue weighted by Crippen LogP contribution is 2.27. The number of hydrogen-bond acceptors (Lipinski definition) is 5. The van der Waals surface area contributed by atoms with Gasteiger partial charge < -0.3 is 10.1 Å². The second kappa shape index (κ2) is 6.58. The van der Waals surface area contributed by atoms with Gasteiger partial charge in [-0.3, -0.25) is 0 Å². The van der Waals surface area contributed by atoms with Crippen LogP contribution in [0.4, 0.5) is 5.13 Å². The maximum atomic E-state index is 11.8. The van der Waals surface area contributed by atoms with E-state index in [1.165, 1.54) is 16.9 Å². The number of thiazole rings is 1. The van der Waals surface area contributed by atoms with Crippen molar-refractivity contribution >= 4 is 32.7 Å². The Kier molecular flexibility index (Phi) is 4.34. The number of fused-ring (bicyclic) bond motifs is 1. The third-order valence-electron chi connectivity index (χ3n) is 3.19. The second-order valence-electron chi connectivity index (χ2n) is 4.76. The van der Waals surface area contributed by atoms with E-state index in [2.05, 4.69) is 22.4 Å². The van der Waals surface area contributed by atoms with Gasteiger partial charge in [-0.1, -0.05) is 41.7 Å². The van der Waals surface area contributed by atoms with Crippen molar-refractivity contribution < 1.29 is 9.53 Å². The molecule has 4 nitrogen and oxygen atoms in total. The molecule has 0 spiro atoms. The highest BCUT2D eigenvalue weighted by Gasteiger charge is 2.10. The average molecular weight is 312 g/mol. The molecule has 1 N–H and O–H groups in total. The molecule has 0 fully saturated rings. The van der Waals surface area contributed by atoms with E-state index in [9.17, 15) is 4.79 Å². The fraction of sp³-hybridized carbons (Fsp3) is 0.176. The summed E-state index contributed by atoms with van der Waals surface area (Å²) in [4.78, 5) is 16.3. The van der Waals surface area contributed by atoms with Crippen molar-refractivity contribution in [3.63, 3.8) is 0 Å². The number of ether oxygens (including phenoxy) is 1. The Bertz CT molecular complexity index is 784. The molecule has 1 aromatic heterocycles. The molecule has 5 heteroatoms. The number of nitrogens with one attached hydrogen (secondary N) is 1. The van der Waals surface area contributed by atoms with Crippen molar-refractivity contribution in [3.05, 3.63) is 59.7 Å². The lowest BCUT2D eigenvalue weighted by molar-refractivity contribution is 0.0526. The van der Waals surface area contributed by atoms with Crippen LogP contribution in [0.2, 0.25) is 0 Å². The number of rotatable bonds is 5. The van der Waals surface area contributed by atoms with Crippen molar-refractivity contribution in [2.45, 2.75) is 13.5 Å². The zero-order chi connectivity index (χ0) is 15.4. The summed E-state index contributed by atoms with van der Waals surface area (Å²) in [5.74, 6) is -0.295. The standard InChI is InChI=1S/C17H16N2O2S/c1-2-21-16(20)13-8-9-14-15(10-13)22-17(19-14)18-11-12-6-4-3-5-7-12/h3-10H,2,11H2,1H3,(H,18,19). The molecule has 112 valence electrons. The van der Waals surface area contributed by atoms with Crippen LogP contribution in [0.25, 0.3) is 10.2 Å². The number of benzene rings is 2. The second-order valence-corrected chi connectivity index (χ2v) is 5.79. The van der Waals surface area contributed by atoms with Gasteiger partial charge in [0, 0.05) is 6.54 Å². The predicted octanol–water partition coefficient (Wildman–Crippen LogP) is 4.09. The number of carbonyl (C=O) groups excluding carboxylic acids is 1. The molecule has 0 atom stereocenters. The van der Waals surface area contributed by atoms with E-state index < -0.39 is 0 Å². The monoisotopic (exact) mass is 312 g/mol. The zero-order valence-corrected chi connectivity index (χ0v) is 13.0. The minimum Gasteiger partial charge on any atom is -0.462 e. The summed E-state index contributed by atoms with van der Waals surface area (Å²) in [6, 6.07) is 15.6. The van der Waals surface area contributed by atoms with E-state index in [1.54, 1.807) is 13.0 Å². The number of hydrogen-bond donors (Lipinski definition) is 1. The highest BCUT2D eigenvalue weighted by atomic mass is 32.1. The number of nitrogens with zero attached hydrogens (tertiary/aromatic N) is 1. The molecule has 3 aromatic rings. The molecule has 0 aliphatic rings. The number of esters is 1. The third kappa shape index (κ3) is 3.26. The normalized spacial score (nSPS) is 10.6. The molecule has 0 aliphatic heterocycles. The maximum absolute atomic E-state index is 11.8. The quantitative estimate of drug-likeness (QED) is 0.721. The highest BCUT2D eigenvalue weighted by molar-refractivity contribution is 7.22. The first kappa shape index (κ1) is 14.5. The van der Waals surface area contributed by atoms with Crippen LogP contribution in [0.3, 0.4) is 0 Å². The van der Waals surface area contributed by atoms with E-state index in [0.717, 1.165) is 21.9 Å². The van der Waals surface area contributed by atoms with Crippen molar-refractivity contribution in [2.24, 2.45) is 0 Å². The summed E-state index contributed by atoms with van der Waals surface area (Å²) in [7, 11) is 0. The minimum atomic E-state index is -0.295. The first-order valence-electron chi connectivity index (χ1n) is 7.12. The van der Waals surface area contributed by atoms with Crippen LogP contribution < -0.4 is 5.32 Å². The van der Waals surface area contributed by atoms with Crippen LogP contribution >= 0.6 is 11.3 Å². The van der Waals surface area contributed by atoms with Crippen LogP contribution in [-0.4, -0.2) is 17.6 Å². The summed E-state index contributed by atoms with van der Waals surface area (Å²) >= 11 is 1.54. The fourth-order valence-corrected chi connectivity index (χ4v) is 3.02. The van der Waals surface area contributed by atoms with Crippen LogP contribution in [-0.2, 0) is 11.3 Å². The molecule has 0 radical (unpaired) electrons. The van der Waals surface area contributed by atoms with Crippen LogP contribution in [0.1, 0.15) is 22.8 Å². The lowest BCUT2D eigenvalue weighted by Gasteiger charge is -2.01. The third-order valence-corrected chi connectivity index (χ3v) is 4.16. The zero-order valence-electron chi connectivity index (χ0n) is 12.2. The van der Waals surface area contributed by atoms with Crippen LogP contribution in [0, 0.1) is 0 Å². The summed E-state index contributed by atoms with van der Waals surface area (Å²) in [5.41, 5.74) is 2.65. The molecular weight excluding hydrogens is 296 g/mol. The summed E-state index contributed by atoms with van der Waals surface area (Å²) in [5, 5.41) is 4.16. The average Bonchev–Trinajstić information content (AvgIpc) is 2.96. The molecule has 2 aromatic carbocycles. The molecular formula is C17H16N2O2S. The lowest BCUT2D eigenvalue weighted by atomic mass is 10.2. The van der Waals surface area contributed by atoms with Crippen molar-refractivity contribution in [3.8, 4) is 0 Å². The molecule has 0 saturated carbocycles. The summed E-state index contributed by atoms with van der Waals surface area (Å²) in [6.07, 6.45) is 0. The molecule has 0 aliphatic carbocycles. The Morgan fingerprint density at radius 1 is 1.23 bits per heavy atom. The Morgan fingerprint density at radius 3 is 2.82 bits per heavy atom. The SMILES string of the molecule is CCOC(=O)c1ccc2nc(NCc3ccccc3)sc2c1. The molecule has 0 saturated heterocycles. The molecule has 0 bridgehead atoms.